The van der Waals surface area contributed by atoms with Gasteiger partial charge in [-0.25, -0.2) is 0 Å². The normalized spacial score (nSPS) is 15.6. The highest BCUT2D eigenvalue weighted by Crippen LogP contribution is 2.27. The minimum Gasteiger partial charge on any atom is -0.379 e. The molecular weight excluding hydrogens is 329 g/mol. The Morgan fingerprint density at radius 2 is 2.06 bits per heavy atom. The molecule has 0 aromatic rings. The second-order valence-corrected chi connectivity index (χ2v) is 4.79. The monoisotopic (exact) mass is 355 g/mol. The molecule has 1 aliphatic rings. The number of hydrogen-bond donors (Lipinski definition) is 2. The van der Waals surface area contributed by atoms with Crippen LogP contribution in [0, 0.1) is 11.8 Å². The molecule has 1 fully saturated rings. The summed E-state index contributed by atoms with van der Waals surface area (Å²) in [5, 5.41) is 6.55. The number of guanidine groups is 1. The quantitative estimate of drug-likeness (QED) is 0.317. The fourth-order valence-electron chi connectivity index (χ4n) is 1.34. The lowest BCUT2D eigenvalue weighted by Gasteiger charge is -2.12. The lowest BCUT2D eigenvalue weighted by atomic mass is 10.2. The number of hydrogen-bond acceptors (Lipinski definition) is 2. The first-order valence-electron chi connectivity index (χ1n) is 6.24. The molecule has 1 aliphatic carbocycles. The fraction of sp³-hybridized carbons (Fsp3) is 0.917. The summed E-state index contributed by atoms with van der Waals surface area (Å²) in [5.41, 5.74) is 0. The van der Waals surface area contributed by atoms with Crippen LogP contribution in [0.25, 0.3) is 0 Å². The lowest BCUT2D eigenvalue weighted by Crippen LogP contribution is -2.39. The van der Waals surface area contributed by atoms with Crippen LogP contribution >= 0.6 is 24.0 Å². The van der Waals surface area contributed by atoms with E-state index in [1.54, 1.807) is 7.05 Å². The Morgan fingerprint density at radius 3 is 2.59 bits per heavy atom. The Balaban J connectivity index is 0.00000256. The molecule has 0 spiro atoms. The highest BCUT2D eigenvalue weighted by Gasteiger charge is 2.20. The van der Waals surface area contributed by atoms with E-state index in [1.165, 1.54) is 12.8 Å². The average molecular weight is 355 g/mol. The molecule has 17 heavy (non-hydrogen) atoms. The van der Waals surface area contributed by atoms with Gasteiger partial charge in [0.05, 0.1) is 6.61 Å². The Hall–Kier alpha value is -0.0400. The van der Waals surface area contributed by atoms with Gasteiger partial charge in [-0.2, -0.15) is 0 Å². The minimum atomic E-state index is 0. The van der Waals surface area contributed by atoms with Gasteiger partial charge in [-0.05, 0) is 24.7 Å². The van der Waals surface area contributed by atoms with Crippen molar-refractivity contribution in [3.63, 3.8) is 0 Å². The van der Waals surface area contributed by atoms with Crippen LogP contribution in [0.2, 0.25) is 0 Å². The van der Waals surface area contributed by atoms with Gasteiger partial charge in [0.1, 0.15) is 0 Å². The summed E-state index contributed by atoms with van der Waals surface area (Å²) in [6, 6.07) is 0. The molecular formula is C12H26IN3O. The van der Waals surface area contributed by atoms with E-state index in [4.69, 9.17) is 4.74 Å². The van der Waals surface area contributed by atoms with Gasteiger partial charge in [-0.1, -0.05) is 13.8 Å². The standard InChI is InChI=1S/C12H25N3O.HI/c1-10(2)9-16-7-6-14-12(13-3)15-8-11-4-5-11;/h10-11H,4-9H2,1-3H3,(H2,13,14,15);1H. The first kappa shape index (κ1) is 17.0. The number of aliphatic imine (C=N–C) groups is 1. The van der Waals surface area contributed by atoms with Gasteiger partial charge in [0, 0.05) is 26.7 Å². The Labute approximate surface area is 122 Å². The van der Waals surface area contributed by atoms with E-state index in [9.17, 15) is 0 Å². The topological polar surface area (TPSA) is 45.7 Å². The molecule has 0 heterocycles. The summed E-state index contributed by atoms with van der Waals surface area (Å²) in [5.74, 6) is 2.36. The summed E-state index contributed by atoms with van der Waals surface area (Å²) in [6.45, 7) is 7.74. The van der Waals surface area contributed by atoms with Gasteiger partial charge < -0.3 is 15.4 Å². The molecule has 0 aromatic carbocycles. The van der Waals surface area contributed by atoms with Crippen LogP contribution in [0.4, 0.5) is 0 Å². The maximum atomic E-state index is 5.48. The van der Waals surface area contributed by atoms with Gasteiger partial charge in [-0.15, -0.1) is 24.0 Å². The van der Waals surface area contributed by atoms with E-state index in [1.807, 2.05) is 0 Å². The Kier molecular flexibility index (Phi) is 9.91. The summed E-state index contributed by atoms with van der Waals surface area (Å²) >= 11 is 0. The fourth-order valence-corrected chi connectivity index (χ4v) is 1.34. The van der Waals surface area contributed by atoms with Crippen LogP contribution in [0.1, 0.15) is 26.7 Å². The van der Waals surface area contributed by atoms with Crippen LogP contribution < -0.4 is 10.6 Å². The number of ether oxygens (including phenoxy) is 1. The molecule has 2 N–H and O–H groups in total. The molecule has 0 saturated heterocycles. The SMILES string of the molecule is CN=C(NCCOCC(C)C)NCC1CC1.I. The predicted molar refractivity (Wildman–Crippen MR) is 83.2 cm³/mol. The van der Waals surface area contributed by atoms with Crippen LogP contribution in [0.15, 0.2) is 4.99 Å². The van der Waals surface area contributed by atoms with E-state index >= 15 is 0 Å². The first-order chi connectivity index (χ1) is 7.72. The van der Waals surface area contributed by atoms with Crippen molar-refractivity contribution in [3.05, 3.63) is 0 Å². The molecule has 0 radical (unpaired) electrons. The van der Waals surface area contributed by atoms with Gasteiger partial charge in [-0.3, -0.25) is 4.99 Å². The number of nitrogens with one attached hydrogen (secondary N) is 2. The second kappa shape index (κ2) is 9.94. The predicted octanol–water partition coefficient (Wildman–Crippen LogP) is 1.85. The molecule has 0 bridgehead atoms. The van der Waals surface area contributed by atoms with E-state index in [2.05, 4.69) is 29.5 Å². The van der Waals surface area contributed by atoms with Crippen LogP contribution in [0.5, 0.6) is 0 Å². The second-order valence-electron chi connectivity index (χ2n) is 4.79. The highest BCUT2D eigenvalue weighted by molar-refractivity contribution is 14.0. The van der Waals surface area contributed by atoms with E-state index in [-0.39, 0.29) is 24.0 Å². The Bertz CT molecular complexity index is 218. The zero-order chi connectivity index (χ0) is 11.8. The highest BCUT2D eigenvalue weighted by atomic mass is 127. The lowest BCUT2D eigenvalue weighted by molar-refractivity contribution is 0.114. The molecule has 5 heteroatoms. The first-order valence-corrected chi connectivity index (χ1v) is 6.24. The van der Waals surface area contributed by atoms with E-state index < -0.39 is 0 Å². The summed E-state index contributed by atoms with van der Waals surface area (Å²) in [6.07, 6.45) is 2.73. The van der Waals surface area contributed by atoms with Crippen molar-refractivity contribution in [2.75, 3.05) is 33.4 Å². The van der Waals surface area contributed by atoms with Crippen molar-refractivity contribution in [1.82, 2.24) is 10.6 Å². The molecule has 1 rings (SSSR count). The number of nitrogens with zero attached hydrogens (tertiary/aromatic N) is 1. The molecule has 0 aliphatic heterocycles. The molecule has 4 nitrogen and oxygen atoms in total. The van der Waals surface area contributed by atoms with Crippen molar-refractivity contribution in [2.24, 2.45) is 16.8 Å². The zero-order valence-electron chi connectivity index (χ0n) is 11.2. The third-order valence-electron chi connectivity index (χ3n) is 2.47. The van der Waals surface area contributed by atoms with Gasteiger partial charge in [0.25, 0.3) is 0 Å². The zero-order valence-corrected chi connectivity index (χ0v) is 13.5. The third-order valence-corrected chi connectivity index (χ3v) is 2.47. The summed E-state index contributed by atoms with van der Waals surface area (Å²) < 4.78 is 5.48. The van der Waals surface area contributed by atoms with E-state index in [0.29, 0.717) is 5.92 Å². The number of rotatable bonds is 7. The van der Waals surface area contributed by atoms with Crippen molar-refractivity contribution >= 4 is 29.9 Å². The van der Waals surface area contributed by atoms with Gasteiger partial charge in [0.15, 0.2) is 5.96 Å². The maximum absolute atomic E-state index is 5.48. The van der Waals surface area contributed by atoms with Crippen molar-refractivity contribution in [1.29, 1.82) is 0 Å². The van der Waals surface area contributed by atoms with Crippen molar-refractivity contribution < 1.29 is 4.74 Å². The van der Waals surface area contributed by atoms with E-state index in [0.717, 1.165) is 38.2 Å². The molecule has 102 valence electrons. The molecule has 0 unspecified atom stereocenters. The summed E-state index contributed by atoms with van der Waals surface area (Å²) in [4.78, 5) is 4.16. The molecule has 0 atom stereocenters. The smallest absolute Gasteiger partial charge is 0.191 e. The molecule has 0 aromatic heterocycles. The number of halogens is 1. The third kappa shape index (κ3) is 9.64. The Morgan fingerprint density at radius 1 is 1.35 bits per heavy atom. The molecule has 1 saturated carbocycles. The van der Waals surface area contributed by atoms with Crippen LogP contribution in [-0.4, -0.2) is 39.3 Å². The van der Waals surface area contributed by atoms with Crippen LogP contribution in [-0.2, 0) is 4.74 Å². The molecule has 0 amide bonds. The van der Waals surface area contributed by atoms with Gasteiger partial charge in [0.2, 0.25) is 0 Å². The van der Waals surface area contributed by atoms with Crippen LogP contribution in [0.3, 0.4) is 0 Å². The van der Waals surface area contributed by atoms with Crippen molar-refractivity contribution in [2.45, 2.75) is 26.7 Å². The summed E-state index contributed by atoms with van der Waals surface area (Å²) in [7, 11) is 1.80. The largest absolute Gasteiger partial charge is 0.379 e. The maximum Gasteiger partial charge on any atom is 0.191 e. The van der Waals surface area contributed by atoms with Crippen molar-refractivity contribution in [3.8, 4) is 0 Å². The van der Waals surface area contributed by atoms with Gasteiger partial charge >= 0.3 is 0 Å². The minimum absolute atomic E-state index is 0. The average Bonchev–Trinajstić information content (AvgIpc) is 3.05.